The summed E-state index contributed by atoms with van der Waals surface area (Å²) in [7, 11) is -2.33. The Morgan fingerprint density at radius 2 is 1.18 bits per heavy atom. The lowest BCUT2D eigenvalue weighted by Crippen LogP contribution is -2.26. The summed E-state index contributed by atoms with van der Waals surface area (Å²) in [6, 6.07) is 0. The number of halogens is 3. The first kappa shape index (κ1) is 11.1. The monoisotopic (exact) mass is 188 g/mol. The van der Waals surface area contributed by atoms with Gasteiger partial charge in [-0.05, 0) is 17.3 Å². The Balaban J connectivity index is 4.54. The highest BCUT2D eigenvalue weighted by Crippen LogP contribution is 2.60. The van der Waals surface area contributed by atoms with Crippen LogP contribution in [0.1, 0.15) is 20.8 Å². The van der Waals surface area contributed by atoms with E-state index in [1.54, 1.807) is 20.8 Å². The molecule has 0 nitrogen and oxygen atoms in total. The quantitative estimate of drug-likeness (QED) is 0.637. The van der Waals surface area contributed by atoms with Gasteiger partial charge in [0.2, 0.25) is 0 Å². The minimum Gasteiger partial charge on any atom is -0.162 e. The van der Waals surface area contributed by atoms with Gasteiger partial charge >= 0.3 is 5.51 Å². The standard InChI is InChI=1S/C7H15F3S/c1-4-11(5-2,6-3)7(8,9)10/h4-6H2,1-3H3. The molecule has 0 fully saturated rings. The van der Waals surface area contributed by atoms with Crippen LogP contribution in [-0.4, -0.2) is 22.8 Å². The molecular formula is C7H15F3S. The molecule has 0 radical (unpaired) electrons. The van der Waals surface area contributed by atoms with Crippen LogP contribution < -0.4 is 0 Å². The molecule has 4 heteroatoms. The molecule has 0 atom stereocenters. The Morgan fingerprint density at radius 1 is 0.909 bits per heavy atom. The molecule has 0 N–H and O–H groups in total. The molecule has 0 amide bonds. The normalized spacial score (nSPS) is 15.1. The molecule has 0 aromatic rings. The highest BCUT2D eigenvalue weighted by Gasteiger charge is 2.45. The van der Waals surface area contributed by atoms with Gasteiger partial charge in [-0.1, -0.05) is 20.8 Å². The molecule has 0 saturated heterocycles. The van der Waals surface area contributed by atoms with E-state index in [2.05, 4.69) is 0 Å². The van der Waals surface area contributed by atoms with Gasteiger partial charge in [0, 0.05) is 0 Å². The van der Waals surface area contributed by atoms with E-state index in [1.165, 1.54) is 0 Å². The molecule has 70 valence electrons. The Kier molecular flexibility index (Phi) is 3.74. The molecule has 0 aliphatic carbocycles. The second kappa shape index (κ2) is 3.70. The fourth-order valence-corrected chi connectivity index (χ4v) is 3.31. The van der Waals surface area contributed by atoms with Crippen molar-refractivity contribution >= 4 is 10.0 Å². The summed E-state index contributed by atoms with van der Waals surface area (Å²) >= 11 is 0. The molecule has 0 rings (SSSR count). The molecule has 0 bridgehead atoms. The Hall–Kier alpha value is 0.140. The van der Waals surface area contributed by atoms with E-state index in [-0.39, 0.29) is 17.3 Å². The van der Waals surface area contributed by atoms with Gasteiger partial charge in [-0.25, -0.2) is 0 Å². The minimum atomic E-state index is -3.95. The van der Waals surface area contributed by atoms with Crippen molar-refractivity contribution in [1.29, 1.82) is 0 Å². The minimum absolute atomic E-state index is 0.267. The molecule has 0 aliphatic heterocycles. The van der Waals surface area contributed by atoms with E-state index in [9.17, 15) is 13.2 Å². The highest BCUT2D eigenvalue weighted by atomic mass is 32.3. The predicted octanol–water partition coefficient (Wildman–Crippen LogP) is 3.37. The summed E-state index contributed by atoms with van der Waals surface area (Å²) in [4.78, 5) is 0. The smallest absolute Gasteiger partial charge is 0.162 e. The Bertz CT molecular complexity index is 107. The summed E-state index contributed by atoms with van der Waals surface area (Å²) in [5, 5.41) is 0. The van der Waals surface area contributed by atoms with Crippen molar-refractivity contribution in [2.75, 3.05) is 17.3 Å². The molecule has 0 unspecified atom stereocenters. The van der Waals surface area contributed by atoms with Gasteiger partial charge in [0.15, 0.2) is 0 Å². The van der Waals surface area contributed by atoms with E-state index in [0.717, 1.165) is 0 Å². The van der Waals surface area contributed by atoms with Crippen LogP contribution in [0.3, 0.4) is 0 Å². The van der Waals surface area contributed by atoms with Gasteiger partial charge in [0.25, 0.3) is 0 Å². The van der Waals surface area contributed by atoms with Crippen molar-refractivity contribution in [3.8, 4) is 0 Å². The number of hydrogen-bond acceptors (Lipinski definition) is 0. The van der Waals surface area contributed by atoms with Gasteiger partial charge in [-0.2, -0.15) is 13.2 Å². The molecule has 0 spiro atoms. The van der Waals surface area contributed by atoms with E-state index in [0.29, 0.717) is 0 Å². The third kappa shape index (κ3) is 2.04. The van der Waals surface area contributed by atoms with E-state index in [4.69, 9.17) is 0 Å². The lowest BCUT2D eigenvalue weighted by atomic mass is 10.9. The molecule has 0 aromatic carbocycles. The Labute approximate surface area is 67.5 Å². The van der Waals surface area contributed by atoms with Crippen LogP contribution in [0.5, 0.6) is 0 Å². The van der Waals surface area contributed by atoms with Crippen molar-refractivity contribution in [1.82, 2.24) is 0 Å². The summed E-state index contributed by atoms with van der Waals surface area (Å²) in [5.41, 5.74) is -3.95. The van der Waals surface area contributed by atoms with Crippen molar-refractivity contribution in [2.45, 2.75) is 26.3 Å². The van der Waals surface area contributed by atoms with Crippen LogP contribution >= 0.6 is 10.0 Å². The SMILES string of the molecule is CCS(CC)(CC)C(F)(F)F. The predicted molar refractivity (Wildman–Crippen MR) is 45.3 cm³/mol. The third-order valence-electron chi connectivity index (χ3n) is 2.15. The number of hydrogen-bond donors (Lipinski definition) is 0. The summed E-state index contributed by atoms with van der Waals surface area (Å²) in [5.74, 6) is 0.802. The number of alkyl halides is 3. The fourth-order valence-electron chi connectivity index (χ4n) is 1.10. The van der Waals surface area contributed by atoms with Gasteiger partial charge in [0.1, 0.15) is 0 Å². The van der Waals surface area contributed by atoms with Crippen LogP contribution in [0.4, 0.5) is 13.2 Å². The summed E-state index contributed by atoms with van der Waals surface area (Å²) in [6.45, 7) is 4.90. The molecule has 11 heavy (non-hydrogen) atoms. The van der Waals surface area contributed by atoms with Crippen LogP contribution in [0.25, 0.3) is 0 Å². The number of rotatable bonds is 3. The Morgan fingerprint density at radius 3 is 1.18 bits per heavy atom. The largest absolute Gasteiger partial charge is 0.426 e. The fraction of sp³-hybridized carbons (Fsp3) is 1.00. The van der Waals surface area contributed by atoms with Gasteiger partial charge in [0.05, 0.1) is 0 Å². The van der Waals surface area contributed by atoms with E-state index in [1.807, 2.05) is 0 Å². The van der Waals surface area contributed by atoms with Crippen molar-refractivity contribution < 1.29 is 13.2 Å². The van der Waals surface area contributed by atoms with Crippen LogP contribution in [0, 0.1) is 0 Å². The average Bonchev–Trinajstić information content (AvgIpc) is 1.90. The average molecular weight is 188 g/mol. The zero-order valence-corrected chi connectivity index (χ0v) is 7.98. The van der Waals surface area contributed by atoms with Crippen LogP contribution in [0.2, 0.25) is 0 Å². The maximum Gasteiger partial charge on any atom is 0.426 e. The maximum atomic E-state index is 12.4. The first-order valence-corrected chi connectivity index (χ1v) is 5.90. The van der Waals surface area contributed by atoms with Crippen LogP contribution in [0.15, 0.2) is 0 Å². The van der Waals surface area contributed by atoms with Crippen molar-refractivity contribution in [3.63, 3.8) is 0 Å². The molecule has 0 aromatic heterocycles. The summed E-state index contributed by atoms with van der Waals surface area (Å²) < 4.78 is 37.2. The highest BCUT2D eigenvalue weighted by molar-refractivity contribution is 8.34. The van der Waals surface area contributed by atoms with E-state index >= 15 is 0 Å². The lowest BCUT2D eigenvalue weighted by molar-refractivity contribution is -0.0382. The van der Waals surface area contributed by atoms with Crippen LogP contribution in [-0.2, 0) is 0 Å². The second-order valence-electron chi connectivity index (χ2n) is 2.36. The topological polar surface area (TPSA) is 0 Å². The molecule has 0 aliphatic rings. The third-order valence-corrected chi connectivity index (χ3v) is 6.45. The van der Waals surface area contributed by atoms with Gasteiger partial charge in [-0.15, -0.1) is 10.0 Å². The van der Waals surface area contributed by atoms with Gasteiger partial charge in [-0.3, -0.25) is 0 Å². The maximum absolute atomic E-state index is 12.4. The zero-order valence-electron chi connectivity index (χ0n) is 7.16. The first-order chi connectivity index (χ1) is 4.93. The van der Waals surface area contributed by atoms with Crippen molar-refractivity contribution in [3.05, 3.63) is 0 Å². The van der Waals surface area contributed by atoms with Crippen molar-refractivity contribution in [2.24, 2.45) is 0 Å². The molecular weight excluding hydrogens is 173 g/mol. The molecule has 0 saturated carbocycles. The lowest BCUT2D eigenvalue weighted by Gasteiger charge is -2.38. The van der Waals surface area contributed by atoms with E-state index < -0.39 is 15.5 Å². The zero-order chi connectivity index (χ0) is 9.12. The molecule has 0 heterocycles. The summed E-state index contributed by atoms with van der Waals surface area (Å²) in [6.07, 6.45) is 0. The first-order valence-electron chi connectivity index (χ1n) is 3.76. The second-order valence-corrected chi connectivity index (χ2v) is 6.64. The van der Waals surface area contributed by atoms with Gasteiger partial charge < -0.3 is 0 Å².